The molecule has 0 aliphatic carbocycles. The normalized spacial score (nSPS) is 18.6. The zero-order valence-electron chi connectivity index (χ0n) is 12.5. The molecule has 0 fully saturated rings. The summed E-state index contributed by atoms with van der Waals surface area (Å²) in [5.41, 5.74) is 8.33. The molecule has 1 aromatic carbocycles. The Morgan fingerprint density at radius 2 is 2.20 bits per heavy atom. The number of fused-ring (bicyclic) bond motifs is 1. The minimum absolute atomic E-state index is 0.203. The summed E-state index contributed by atoms with van der Waals surface area (Å²) in [5, 5.41) is 0.798. The molecule has 0 saturated heterocycles. The second-order valence-electron chi connectivity index (χ2n) is 5.52. The monoisotopic (exact) mass is 297 g/mol. The van der Waals surface area contributed by atoms with E-state index in [1.54, 1.807) is 7.11 Å². The van der Waals surface area contributed by atoms with Gasteiger partial charge in [-0.3, -0.25) is 4.90 Å². The van der Waals surface area contributed by atoms with E-state index in [0.29, 0.717) is 6.54 Å². The quantitative estimate of drug-likeness (QED) is 0.873. The van der Waals surface area contributed by atoms with Crippen LogP contribution in [0.4, 0.5) is 0 Å². The van der Waals surface area contributed by atoms with Crippen molar-refractivity contribution in [3.8, 4) is 5.75 Å². The van der Waals surface area contributed by atoms with E-state index >= 15 is 0 Å². The van der Waals surface area contributed by atoms with Crippen molar-refractivity contribution in [1.29, 1.82) is 0 Å². The Balaban J connectivity index is 2.18. The van der Waals surface area contributed by atoms with Crippen molar-refractivity contribution in [2.45, 2.75) is 19.0 Å². The fourth-order valence-electron chi connectivity index (χ4n) is 2.92. The molecule has 1 unspecified atom stereocenters. The van der Waals surface area contributed by atoms with Crippen LogP contribution in [0.15, 0.2) is 12.1 Å². The number of ether oxygens (including phenoxy) is 1. The maximum absolute atomic E-state index is 6.38. The summed E-state index contributed by atoms with van der Waals surface area (Å²) in [5.74, 6) is 0.915. The van der Waals surface area contributed by atoms with E-state index in [1.807, 2.05) is 12.1 Å². The number of halogens is 1. The molecule has 0 saturated carbocycles. The van der Waals surface area contributed by atoms with Crippen LogP contribution in [0.1, 0.15) is 23.6 Å². The van der Waals surface area contributed by atoms with Crippen LogP contribution in [0.3, 0.4) is 0 Å². The summed E-state index contributed by atoms with van der Waals surface area (Å²) >= 11 is 6.38. The first-order valence-electron chi connectivity index (χ1n) is 7.02. The second-order valence-corrected chi connectivity index (χ2v) is 5.93. The van der Waals surface area contributed by atoms with E-state index in [1.165, 1.54) is 5.56 Å². The van der Waals surface area contributed by atoms with Gasteiger partial charge in [-0.15, -0.1) is 0 Å². The maximum atomic E-state index is 6.38. The molecule has 1 aromatic rings. The number of benzene rings is 1. The van der Waals surface area contributed by atoms with Crippen molar-refractivity contribution in [1.82, 2.24) is 9.80 Å². The molecule has 4 nitrogen and oxygen atoms in total. The molecule has 0 bridgehead atoms. The van der Waals surface area contributed by atoms with Crippen molar-refractivity contribution < 1.29 is 4.74 Å². The lowest BCUT2D eigenvalue weighted by atomic mass is 10.0. The molecule has 2 N–H and O–H groups in total. The minimum Gasteiger partial charge on any atom is -0.496 e. The average Bonchev–Trinajstić information content (AvgIpc) is 2.78. The first kappa shape index (κ1) is 15.6. The second kappa shape index (κ2) is 6.76. The molecule has 1 heterocycles. The zero-order valence-corrected chi connectivity index (χ0v) is 13.3. The van der Waals surface area contributed by atoms with Crippen LogP contribution in [0.5, 0.6) is 5.75 Å². The van der Waals surface area contributed by atoms with Gasteiger partial charge in [-0.05, 0) is 44.8 Å². The SMILES string of the molecule is COc1ccc(Cl)c2c1CN(CCCN(C)C)C2CN. The number of hydrogen-bond acceptors (Lipinski definition) is 4. The molecule has 0 spiro atoms. The van der Waals surface area contributed by atoms with Gasteiger partial charge in [0, 0.05) is 36.3 Å². The summed E-state index contributed by atoms with van der Waals surface area (Å²) in [4.78, 5) is 4.61. The van der Waals surface area contributed by atoms with Crippen molar-refractivity contribution in [3.63, 3.8) is 0 Å². The highest BCUT2D eigenvalue weighted by Gasteiger charge is 2.33. The van der Waals surface area contributed by atoms with Crippen molar-refractivity contribution in [2.75, 3.05) is 40.8 Å². The molecule has 5 heteroatoms. The van der Waals surface area contributed by atoms with Gasteiger partial charge >= 0.3 is 0 Å². The summed E-state index contributed by atoms with van der Waals surface area (Å²) in [6.07, 6.45) is 1.12. The number of hydrogen-bond donors (Lipinski definition) is 1. The Morgan fingerprint density at radius 1 is 1.45 bits per heavy atom. The molecule has 2 rings (SSSR count). The molecule has 20 heavy (non-hydrogen) atoms. The lowest BCUT2D eigenvalue weighted by Crippen LogP contribution is -2.30. The number of nitrogens with two attached hydrogens (primary N) is 1. The van der Waals surface area contributed by atoms with Crippen LogP contribution in [0.2, 0.25) is 5.02 Å². The largest absolute Gasteiger partial charge is 0.496 e. The third-order valence-electron chi connectivity index (χ3n) is 3.89. The number of rotatable bonds is 6. The van der Waals surface area contributed by atoms with Crippen LogP contribution >= 0.6 is 11.6 Å². The van der Waals surface area contributed by atoms with E-state index in [-0.39, 0.29) is 6.04 Å². The topological polar surface area (TPSA) is 41.7 Å². The van der Waals surface area contributed by atoms with Crippen LogP contribution in [-0.4, -0.2) is 50.6 Å². The highest BCUT2D eigenvalue weighted by Crippen LogP contribution is 2.42. The molecule has 1 atom stereocenters. The minimum atomic E-state index is 0.203. The van der Waals surface area contributed by atoms with Crippen LogP contribution in [0.25, 0.3) is 0 Å². The summed E-state index contributed by atoms with van der Waals surface area (Å²) < 4.78 is 5.46. The van der Waals surface area contributed by atoms with Gasteiger partial charge in [-0.1, -0.05) is 11.6 Å². The fourth-order valence-corrected chi connectivity index (χ4v) is 3.22. The van der Waals surface area contributed by atoms with E-state index in [9.17, 15) is 0 Å². The Kier molecular flexibility index (Phi) is 5.27. The average molecular weight is 298 g/mol. The predicted octanol–water partition coefficient (Wildman–Crippen LogP) is 2.12. The van der Waals surface area contributed by atoms with Crippen LogP contribution in [-0.2, 0) is 6.54 Å². The van der Waals surface area contributed by atoms with E-state index in [0.717, 1.165) is 42.4 Å². The predicted molar refractivity (Wildman–Crippen MR) is 83.4 cm³/mol. The van der Waals surface area contributed by atoms with Gasteiger partial charge < -0.3 is 15.4 Å². The van der Waals surface area contributed by atoms with E-state index in [4.69, 9.17) is 22.1 Å². The van der Waals surface area contributed by atoms with Crippen LogP contribution in [0, 0.1) is 0 Å². The van der Waals surface area contributed by atoms with E-state index in [2.05, 4.69) is 23.9 Å². The van der Waals surface area contributed by atoms with Gasteiger partial charge in [0.1, 0.15) is 5.75 Å². The molecule has 0 aromatic heterocycles. The Hall–Kier alpha value is -0.810. The van der Waals surface area contributed by atoms with Crippen molar-refractivity contribution in [2.24, 2.45) is 5.73 Å². The lowest BCUT2D eigenvalue weighted by molar-refractivity contribution is 0.207. The fraction of sp³-hybridized carbons (Fsp3) is 0.600. The zero-order chi connectivity index (χ0) is 14.7. The van der Waals surface area contributed by atoms with Gasteiger partial charge in [0.05, 0.1) is 7.11 Å². The summed E-state index contributed by atoms with van der Waals surface area (Å²) in [6.45, 7) is 3.55. The van der Waals surface area contributed by atoms with Gasteiger partial charge in [0.15, 0.2) is 0 Å². The third kappa shape index (κ3) is 3.09. The molecule has 0 amide bonds. The van der Waals surface area contributed by atoms with Gasteiger partial charge in [0.25, 0.3) is 0 Å². The van der Waals surface area contributed by atoms with Crippen molar-refractivity contribution in [3.05, 3.63) is 28.3 Å². The molecule has 1 aliphatic heterocycles. The Bertz CT molecular complexity index is 465. The third-order valence-corrected chi connectivity index (χ3v) is 4.22. The Labute approximate surface area is 126 Å². The first-order valence-corrected chi connectivity index (χ1v) is 7.40. The van der Waals surface area contributed by atoms with Gasteiger partial charge in [0.2, 0.25) is 0 Å². The van der Waals surface area contributed by atoms with E-state index < -0.39 is 0 Å². The smallest absolute Gasteiger partial charge is 0.123 e. The summed E-state index contributed by atoms with van der Waals surface area (Å²) in [7, 11) is 5.90. The van der Waals surface area contributed by atoms with Crippen LogP contribution < -0.4 is 10.5 Å². The summed E-state index contributed by atoms with van der Waals surface area (Å²) in [6, 6.07) is 4.05. The molecule has 112 valence electrons. The highest BCUT2D eigenvalue weighted by atomic mass is 35.5. The van der Waals surface area contributed by atoms with Gasteiger partial charge in [-0.2, -0.15) is 0 Å². The number of nitrogens with zero attached hydrogens (tertiary/aromatic N) is 2. The Morgan fingerprint density at radius 3 is 2.80 bits per heavy atom. The lowest BCUT2D eigenvalue weighted by Gasteiger charge is -2.24. The molecule has 1 aliphatic rings. The maximum Gasteiger partial charge on any atom is 0.123 e. The molecular weight excluding hydrogens is 274 g/mol. The first-order chi connectivity index (χ1) is 9.58. The number of methoxy groups -OCH3 is 1. The molecule has 0 radical (unpaired) electrons. The standard InChI is InChI=1S/C15H24ClN3O/c1-18(2)7-4-8-19-10-11-14(20-3)6-5-12(16)15(11)13(19)9-17/h5-6,13H,4,7-10,17H2,1-3H3. The highest BCUT2D eigenvalue weighted by molar-refractivity contribution is 6.31. The molecular formula is C15H24ClN3O. The van der Waals surface area contributed by atoms with Crippen molar-refractivity contribution >= 4 is 11.6 Å². The van der Waals surface area contributed by atoms with Gasteiger partial charge in [-0.25, -0.2) is 0 Å².